The van der Waals surface area contributed by atoms with Crippen molar-refractivity contribution in [1.29, 1.82) is 0 Å². The van der Waals surface area contributed by atoms with Crippen LogP contribution in [0.1, 0.15) is 19.3 Å². The van der Waals surface area contributed by atoms with Gasteiger partial charge in [0, 0.05) is 13.1 Å². The molecule has 0 aliphatic carbocycles. The highest BCUT2D eigenvalue weighted by molar-refractivity contribution is 5.52. The molecule has 5 nitrogen and oxygen atoms in total. The molecule has 0 saturated carbocycles. The molecule has 0 spiro atoms. The first-order valence-corrected chi connectivity index (χ1v) is 5.16. The Kier molecular flexibility index (Phi) is 2.89. The molecule has 0 atom stereocenters. The Hall–Kier alpha value is -1.52. The molecule has 0 radical (unpaired) electrons. The third kappa shape index (κ3) is 2.11. The van der Waals surface area contributed by atoms with Crippen LogP contribution in [-0.2, 0) is 0 Å². The number of nitrogens with zero attached hydrogens (tertiary/aromatic N) is 3. The number of methoxy groups -OCH3 is 1. The van der Waals surface area contributed by atoms with Gasteiger partial charge in [-0.25, -0.2) is 0 Å². The van der Waals surface area contributed by atoms with Gasteiger partial charge in [-0.1, -0.05) is 0 Å². The molecule has 1 aliphatic heterocycles. The molecule has 2 rings (SSSR count). The first-order valence-electron chi connectivity index (χ1n) is 5.16. The third-order valence-corrected chi connectivity index (χ3v) is 2.60. The predicted molar refractivity (Wildman–Crippen MR) is 56.3 cm³/mol. The van der Waals surface area contributed by atoms with Gasteiger partial charge in [0.2, 0.25) is 0 Å². The van der Waals surface area contributed by atoms with Crippen LogP contribution < -0.4 is 9.64 Å². The number of aromatic hydroxyl groups is 1. The average molecular weight is 209 g/mol. The summed E-state index contributed by atoms with van der Waals surface area (Å²) in [4.78, 5) is 9.84. The van der Waals surface area contributed by atoms with Gasteiger partial charge in [-0.05, 0) is 19.3 Å². The van der Waals surface area contributed by atoms with E-state index in [1.165, 1.54) is 12.6 Å². The zero-order valence-corrected chi connectivity index (χ0v) is 8.81. The van der Waals surface area contributed by atoms with E-state index in [0.29, 0.717) is 11.6 Å². The highest BCUT2D eigenvalue weighted by atomic mass is 16.5. The summed E-state index contributed by atoms with van der Waals surface area (Å²) >= 11 is 0. The van der Waals surface area contributed by atoms with Crippen LogP contribution in [0.15, 0.2) is 6.20 Å². The van der Waals surface area contributed by atoms with E-state index in [9.17, 15) is 5.11 Å². The van der Waals surface area contributed by atoms with Crippen molar-refractivity contribution in [3.8, 4) is 11.8 Å². The van der Waals surface area contributed by atoms with E-state index in [0.717, 1.165) is 25.9 Å². The Morgan fingerprint density at radius 2 is 2.07 bits per heavy atom. The molecule has 1 saturated heterocycles. The molecule has 1 fully saturated rings. The molecule has 1 aromatic heterocycles. The van der Waals surface area contributed by atoms with Crippen molar-refractivity contribution in [2.45, 2.75) is 19.3 Å². The maximum absolute atomic E-state index is 9.26. The van der Waals surface area contributed by atoms with Crippen LogP contribution in [-0.4, -0.2) is 35.3 Å². The van der Waals surface area contributed by atoms with Crippen molar-refractivity contribution in [2.24, 2.45) is 0 Å². The van der Waals surface area contributed by atoms with Crippen LogP contribution in [0.2, 0.25) is 0 Å². The van der Waals surface area contributed by atoms with Gasteiger partial charge in [-0.15, -0.1) is 0 Å². The number of anilines is 1. The van der Waals surface area contributed by atoms with E-state index in [2.05, 4.69) is 14.9 Å². The van der Waals surface area contributed by atoms with E-state index < -0.39 is 0 Å². The second kappa shape index (κ2) is 4.33. The fraction of sp³-hybridized carbons (Fsp3) is 0.600. The zero-order valence-electron chi connectivity index (χ0n) is 8.81. The average Bonchev–Trinajstić information content (AvgIpc) is 2.30. The summed E-state index contributed by atoms with van der Waals surface area (Å²) in [6, 6.07) is -0.198. The monoisotopic (exact) mass is 209 g/mol. The molecular formula is C10H15N3O2. The third-order valence-electron chi connectivity index (χ3n) is 2.60. The first-order chi connectivity index (χ1) is 7.31. The largest absolute Gasteiger partial charge is 0.491 e. The summed E-state index contributed by atoms with van der Waals surface area (Å²) in [6.07, 6.45) is 5.09. The Labute approximate surface area is 88.7 Å². The van der Waals surface area contributed by atoms with Gasteiger partial charge < -0.3 is 14.7 Å². The van der Waals surface area contributed by atoms with Crippen molar-refractivity contribution < 1.29 is 9.84 Å². The molecular weight excluding hydrogens is 194 g/mol. The molecule has 0 unspecified atom stereocenters. The van der Waals surface area contributed by atoms with Gasteiger partial charge in [0.05, 0.1) is 13.3 Å². The van der Waals surface area contributed by atoms with E-state index in [1.54, 1.807) is 7.11 Å². The van der Waals surface area contributed by atoms with Crippen LogP contribution in [0.3, 0.4) is 0 Å². The quantitative estimate of drug-likeness (QED) is 0.792. The van der Waals surface area contributed by atoms with Crippen molar-refractivity contribution in [3.63, 3.8) is 0 Å². The predicted octanol–water partition coefficient (Wildman–Crippen LogP) is 1.18. The highest BCUT2D eigenvalue weighted by Gasteiger charge is 2.17. The molecule has 1 aliphatic rings. The normalized spacial score (nSPS) is 16.5. The summed E-state index contributed by atoms with van der Waals surface area (Å²) < 4.78 is 5.18. The van der Waals surface area contributed by atoms with Crippen LogP contribution in [0.5, 0.6) is 11.8 Å². The van der Waals surface area contributed by atoms with Crippen LogP contribution in [0, 0.1) is 0 Å². The zero-order chi connectivity index (χ0) is 10.7. The Balaban J connectivity index is 2.27. The number of hydrogen-bond donors (Lipinski definition) is 1. The van der Waals surface area contributed by atoms with Crippen molar-refractivity contribution >= 4 is 5.82 Å². The first kappa shape index (κ1) is 10.0. The number of piperidine rings is 1. The molecule has 15 heavy (non-hydrogen) atoms. The van der Waals surface area contributed by atoms with Crippen LogP contribution in [0.25, 0.3) is 0 Å². The lowest BCUT2D eigenvalue weighted by atomic mass is 10.1. The van der Waals surface area contributed by atoms with E-state index in [1.807, 2.05) is 0 Å². The molecule has 1 aromatic rings. The van der Waals surface area contributed by atoms with Gasteiger partial charge in [0.1, 0.15) is 0 Å². The molecule has 5 heteroatoms. The topological polar surface area (TPSA) is 58.5 Å². The second-order valence-corrected chi connectivity index (χ2v) is 3.61. The Morgan fingerprint density at radius 3 is 2.73 bits per heavy atom. The lowest BCUT2D eigenvalue weighted by molar-refractivity contribution is 0.392. The van der Waals surface area contributed by atoms with Gasteiger partial charge in [0.15, 0.2) is 11.6 Å². The maximum Gasteiger partial charge on any atom is 0.316 e. The van der Waals surface area contributed by atoms with Gasteiger partial charge in [-0.2, -0.15) is 9.97 Å². The smallest absolute Gasteiger partial charge is 0.316 e. The van der Waals surface area contributed by atoms with Gasteiger partial charge in [0.25, 0.3) is 0 Å². The fourth-order valence-electron chi connectivity index (χ4n) is 1.83. The maximum atomic E-state index is 9.26. The van der Waals surface area contributed by atoms with Gasteiger partial charge in [-0.3, -0.25) is 0 Å². The van der Waals surface area contributed by atoms with Crippen LogP contribution >= 0.6 is 0 Å². The Morgan fingerprint density at radius 1 is 1.33 bits per heavy atom. The highest BCUT2D eigenvalue weighted by Crippen LogP contribution is 2.28. The SMILES string of the molecule is COc1cnc(O)nc1N1CCCCC1. The Bertz CT molecular complexity index is 337. The summed E-state index contributed by atoms with van der Waals surface area (Å²) in [5.74, 6) is 1.32. The lowest BCUT2D eigenvalue weighted by Crippen LogP contribution is -2.30. The minimum Gasteiger partial charge on any atom is -0.491 e. The van der Waals surface area contributed by atoms with E-state index >= 15 is 0 Å². The number of aromatic nitrogens is 2. The van der Waals surface area contributed by atoms with Crippen molar-refractivity contribution in [3.05, 3.63) is 6.20 Å². The minimum absolute atomic E-state index is 0.198. The summed E-state index contributed by atoms with van der Waals surface area (Å²) in [6.45, 7) is 1.93. The van der Waals surface area contributed by atoms with Crippen LogP contribution in [0.4, 0.5) is 5.82 Å². The summed E-state index contributed by atoms with van der Waals surface area (Å²) in [5.41, 5.74) is 0. The standard InChI is InChI=1S/C10H15N3O2/c1-15-8-7-11-10(14)12-9(8)13-5-3-2-4-6-13/h7H,2-6H2,1H3,(H,11,12,14). The summed E-state index contributed by atoms with van der Waals surface area (Å²) in [7, 11) is 1.59. The molecule has 82 valence electrons. The molecule has 2 heterocycles. The minimum atomic E-state index is -0.198. The molecule has 0 bridgehead atoms. The molecule has 0 aromatic carbocycles. The molecule has 0 amide bonds. The molecule has 1 N–H and O–H groups in total. The van der Waals surface area contributed by atoms with E-state index in [4.69, 9.17) is 4.74 Å². The number of hydrogen-bond acceptors (Lipinski definition) is 5. The van der Waals surface area contributed by atoms with E-state index in [-0.39, 0.29) is 6.01 Å². The lowest BCUT2D eigenvalue weighted by Gasteiger charge is -2.28. The van der Waals surface area contributed by atoms with Crippen molar-refractivity contribution in [2.75, 3.05) is 25.1 Å². The number of ether oxygens (including phenoxy) is 1. The van der Waals surface area contributed by atoms with Gasteiger partial charge >= 0.3 is 6.01 Å². The number of rotatable bonds is 2. The second-order valence-electron chi connectivity index (χ2n) is 3.61. The van der Waals surface area contributed by atoms with Crippen molar-refractivity contribution in [1.82, 2.24) is 9.97 Å². The fourth-order valence-corrected chi connectivity index (χ4v) is 1.83. The summed E-state index contributed by atoms with van der Waals surface area (Å²) in [5, 5.41) is 9.26.